The number of hydrogen-bond donors (Lipinski definition) is 1. The summed E-state index contributed by atoms with van der Waals surface area (Å²) in [6.45, 7) is 8.13. The molecule has 1 aliphatic rings. The van der Waals surface area contributed by atoms with E-state index in [0.29, 0.717) is 5.88 Å². The quantitative estimate of drug-likeness (QED) is 0.618. The van der Waals surface area contributed by atoms with E-state index in [1.165, 1.54) is 11.1 Å². The maximum absolute atomic E-state index is 12.4. The van der Waals surface area contributed by atoms with Gasteiger partial charge in [0.15, 0.2) is 6.61 Å². The predicted octanol–water partition coefficient (Wildman–Crippen LogP) is 4.74. The van der Waals surface area contributed by atoms with Gasteiger partial charge in [0, 0.05) is 23.6 Å². The number of hydrogen-bond acceptors (Lipinski definition) is 4. The van der Waals surface area contributed by atoms with Crippen LogP contribution in [0.2, 0.25) is 0 Å². The Labute approximate surface area is 189 Å². The van der Waals surface area contributed by atoms with Gasteiger partial charge in [-0.05, 0) is 44.9 Å². The zero-order chi connectivity index (χ0) is 22.7. The molecule has 164 valence electrons. The number of ether oxygens (including phenoxy) is 1. The van der Waals surface area contributed by atoms with Crippen molar-refractivity contribution in [1.82, 2.24) is 10.3 Å². The van der Waals surface area contributed by atoms with Crippen LogP contribution in [-0.2, 0) is 11.2 Å². The molecule has 1 aromatic heterocycles. The largest absolute Gasteiger partial charge is 0.468 e. The molecule has 5 nitrogen and oxygen atoms in total. The number of pyridine rings is 1. The average molecular weight is 428 g/mol. The first kappa shape index (κ1) is 21.8. The highest BCUT2D eigenvalue weighted by Gasteiger charge is 2.22. The minimum atomic E-state index is -0.173. The average Bonchev–Trinajstić information content (AvgIpc) is 2.77. The number of amides is 1. The first-order valence-electron chi connectivity index (χ1n) is 11.0. The molecule has 5 heteroatoms. The van der Waals surface area contributed by atoms with Gasteiger partial charge in [-0.1, -0.05) is 54.1 Å². The number of fused-ring (bicyclic) bond motifs is 1. The van der Waals surface area contributed by atoms with Gasteiger partial charge in [0.25, 0.3) is 5.91 Å². The summed E-state index contributed by atoms with van der Waals surface area (Å²) in [5, 5.41) is 2.98. The van der Waals surface area contributed by atoms with E-state index < -0.39 is 0 Å². The lowest BCUT2D eigenvalue weighted by molar-refractivity contribution is -0.123. The van der Waals surface area contributed by atoms with E-state index in [0.717, 1.165) is 34.5 Å². The normalized spacial score (nSPS) is 16.0. The lowest BCUT2D eigenvalue weighted by Gasteiger charge is -2.22. The fourth-order valence-electron chi connectivity index (χ4n) is 3.96. The Morgan fingerprint density at radius 2 is 1.81 bits per heavy atom. The summed E-state index contributed by atoms with van der Waals surface area (Å²) in [6.07, 6.45) is 0.749. The molecule has 0 fully saturated rings. The SMILES string of the molecule is Cc1ccc(C(C)NC(=O)COc2ccc3c(n2)CC(C)N=C3c2ccccc2C)cc1. The van der Waals surface area contributed by atoms with E-state index in [1.807, 2.05) is 62.4 Å². The van der Waals surface area contributed by atoms with Crippen LogP contribution in [-0.4, -0.2) is 29.3 Å². The van der Waals surface area contributed by atoms with Crippen molar-refractivity contribution in [3.05, 3.63) is 94.2 Å². The maximum atomic E-state index is 12.4. The summed E-state index contributed by atoms with van der Waals surface area (Å²) < 4.78 is 5.73. The fourth-order valence-corrected chi connectivity index (χ4v) is 3.96. The highest BCUT2D eigenvalue weighted by molar-refractivity contribution is 6.15. The Bertz CT molecular complexity index is 1150. The van der Waals surface area contributed by atoms with Crippen LogP contribution in [0, 0.1) is 13.8 Å². The molecular formula is C27H29N3O2. The molecule has 32 heavy (non-hydrogen) atoms. The van der Waals surface area contributed by atoms with Gasteiger partial charge in [-0.2, -0.15) is 0 Å². The lowest BCUT2D eigenvalue weighted by atomic mass is 9.92. The first-order valence-corrected chi connectivity index (χ1v) is 11.0. The first-order chi connectivity index (χ1) is 15.4. The highest BCUT2D eigenvalue weighted by Crippen LogP contribution is 2.26. The molecule has 0 saturated heterocycles. The van der Waals surface area contributed by atoms with Crippen molar-refractivity contribution in [2.24, 2.45) is 4.99 Å². The summed E-state index contributed by atoms with van der Waals surface area (Å²) in [6, 6.07) is 20.3. The van der Waals surface area contributed by atoms with Gasteiger partial charge in [-0.3, -0.25) is 9.79 Å². The van der Waals surface area contributed by atoms with Crippen molar-refractivity contribution in [1.29, 1.82) is 0 Å². The van der Waals surface area contributed by atoms with Crippen molar-refractivity contribution in [2.75, 3.05) is 6.61 Å². The molecule has 2 unspecified atom stereocenters. The topological polar surface area (TPSA) is 63.6 Å². The van der Waals surface area contributed by atoms with Crippen molar-refractivity contribution >= 4 is 11.6 Å². The Balaban J connectivity index is 1.44. The summed E-state index contributed by atoms with van der Waals surface area (Å²) >= 11 is 0. The molecular weight excluding hydrogens is 398 g/mol. The van der Waals surface area contributed by atoms with Gasteiger partial charge < -0.3 is 10.1 Å². The van der Waals surface area contributed by atoms with Crippen molar-refractivity contribution in [3.8, 4) is 5.88 Å². The molecule has 2 heterocycles. The smallest absolute Gasteiger partial charge is 0.258 e. The number of nitrogens with zero attached hydrogens (tertiary/aromatic N) is 2. The Hall–Kier alpha value is -3.47. The van der Waals surface area contributed by atoms with Crippen LogP contribution in [0.3, 0.4) is 0 Å². The molecule has 2 atom stereocenters. The van der Waals surface area contributed by atoms with Crippen molar-refractivity contribution < 1.29 is 9.53 Å². The summed E-state index contributed by atoms with van der Waals surface area (Å²) in [7, 11) is 0. The van der Waals surface area contributed by atoms with Gasteiger partial charge in [-0.15, -0.1) is 0 Å². The Kier molecular flexibility index (Phi) is 6.35. The summed E-state index contributed by atoms with van der Waals surface area (Å²) in [4.78, 5) is 22.0. The molecule has 4 rings (SSSR count). The second kappa shape index (κ2) is 9.35. The van der Waals surface area contributed by atoms with E-state index in [2.05, 4.69) is 31.3 Å². The number of nitrogens with one attached hydrogen (secondary N) is 1. The molecule has 0 spiro atoms. The highest BCUT2D eigenvalue weighted by atomic mass is 16.5. The molecule has 2 aromatic carbocycles. The van der Waals surface area contributed by atoms with Gasteiger partial charge >= 0.3 is 0 Å². The van der Waals surface area contributed by atoms with Crippen LogP contribution in [0.15, 0.2) is 65.7 Å². The van der Waals surface area contributed by atoms with Gasteiger partial charge in [0.1, 0.15) is 0 Å². The van der Waals surface area contributed by atoms with Crippen LogP contribution in [0.25, 0.3) is 0 Å². The molecule has 0 radical (unpaired) electrons. The van der Waals surface area contributed by atoms with Crippen LogP contribution in [0.5, 0.6) is 5.88 Å². The van der Waals surface area contributed by atoms with Crippen LogP contribution < -0.4 is 10.1 Å². The number of carbonyl (C=O) groups excluding carboxylic acids is 1. The van der Waals surface area contributed by atoms with Crippen molar-refractivity contribution in [3.63, 3.8) is 0 Å². The number of rotatable bonds is 6. The van der Waals surface area contributed by atoms with Crippen LogP contribution in [0.1, 0.15) is 53.4 Å². The van der Waals surface area contributed by atoms with Crippen LogP contribution in [0.4, 0.5) is 0 Å². The summed E-state index contributed by atoms with van der Waals surface area (Å²) in [5.74, 6) is 0.285. The molecule has 1 amide bonds. The van der Waals surface area contributed by atoms with E-state index in [-0.39, 0.29) is 24.6 Å². The van der Waals surface area contributed by atoms with E-state index in [9.17, 15) is 4.79 Å². The Morgan fingerprint density at radius 1 is 1.06 bits per heavy atom. The second-order valence-electron chi connectivity index (χ2n) is 8.48. The van der Waals surface area contributed by atoms with Crippen LogP contribution >= 0.6 is 0 Å². The lowest BCUT2D eigenvalue weighted by Crippen LogP contribution is -2.31. The number of aromatic nitrogens is 1. The standard InChI is InChI=1S/C27H29N3O2/c1-17-9-11-21(12-10-17)20(4)29-25(31)16-32-26-14-13-23-24(30-26)15-19(3)28-27(23)22-8-6-5-7-18(22)2/h5-14,19-20H,15-16H2,1-4H3,(H,29,31). The summed E-state index contributed by atoms with van der Waals surface area (Å²) in [5.41, 5.74) is 7.53. The number of aliphatic imine (C=N–C) groups is 1. The monoisotopic (exact) mass is 427 g/mol. The molecule has 1 N–H and O–H groups in total. The van der Waals surface area contributed by atoms with Gasteiger partial charge in [-0.25, -0.2) is 4.98 Å². The molecule has 0 saturated carbocycles. The third kappa shape index (κ3) is 4.88. The second-order valence-corrected chi connectivity index (χ2v) is 8.48. The van der Waals surface area contributed by atoms with Crippen molar-refractivity contribution in [2.45, 2.75) is 46.2 Å². The third-order valence-corrected chi connectivity index (χ3v) is 5.75. The van der Waals surface area contributed by atoms with Gasteiger partial charge in [0.05, 0.1) is 23.5 Å². The third-order valence-electron chi connectivity index (χ3n) is 5.75. The number of aryl methyl sites for hydroxylation is 2. The molecule has 0 aliphatic carbocycles. The van der Waals surface area contributed by atoms with E-state index >= 15 is 0 Å². The van der Waals surface area contributed by atoms with Gasteiger partial charge in [0.2, 0.25) is 5.88 Å². The molecule has 1 aliphatic heterocycles. The molecule has 0 bridgehead atoms. The van der Waals surface area contributed by atoms with E-state index in [4.69, 9.17) is 14.7 Å². The van der Waals surface area contributed by atoms with E-state index in [1.54, 1.807) is 0 Å². The molecule has 3 aromatic rings. The Morgan fingerprint density at radius 3 is 2.56 bits per heavy atom. The number of carbonyl (C=O) groups is 1. The zero-order valence-electron chi connectivity index (χ0n) is 19.1. The maximum Gasteiger partial charge on any atom is 0.258 e. The fraction of sp³-hybridized carbons (Fsp3) is 0.296. The zero-order valence-corrected chi connectivity index (χ0v) is 19.1. The minimum absolute atomic E-state index is 0.0731. The minimum Gasteiger partial charge on any atom is -0.468 e. The predicted molar refractivity (Wildman–Crippen MR) is 127 cm³/mol. The number of benzene rings is 2.